The first-order valence-electron chi connectivity index (χ1n) is 7.13. The second kappa shape index (κ2) is 9.58. The Morgan fingerprint density at radius 3 is 2.50 bits per heavy atom. The van der Waals surface area contributed by atoms with Crippen LogP contribution in [0.25, 0.3) is 0 Å². The summed E-state index contributed by atoms with van der Waals surface area (Å²) in [6.07, 6.45) is 1.37. The maximum absolute atomic E-state index is 11.6. The van der Waals surface area contributed by atoms with Gasteiger partial charge in [0.1, 0.15) is 0 Å². The highest BCUT2D eigenvalue weighted by atomic mass is 16.5. The number of methoxy groups -OCH3 is 1. The standard InChI is InChI=1S/C14H30N4O2/c1-7-11(2)18-12(19)8-9-16-13(15-5)17-10-14(3,4)20-6/h11H,7-10H2,1-6H3,(H,18,19)(H2,15,16,17). The molecule has 0 saturated heterocycles. The second-order valence-corrected chi connectivity index (χ2v) is 5.44. The maximum atomic E-state index is 11.6. The van der Waals surface area contributed by atoms with Crippen LogP contribution in [0.4, 0.5) is 0 Å². The predicted octanol–water partition coefficient (Wildman–Crippen LogP) is 0.881. The third-order valence-electron chi connectivity index (χ3n) is 3.12. The summed E-state index contributed by atoms with van der Waals surface area (Å²) in [5, 5.41) is 9.21. The first kappa shape index (κ1) is 18.7. The number of ether oxygens (including phenoxy) is 1. The van der Waals surface area contributed by atoms with Gasteiger partial charge in [0.15, 0.2) is 5.96 Å². The fourth-order valence-corrected chi connectivity index (χ4v) is 1.33. The molecule has 0 fully saturated rings. The van der Waals surface area contributed by atoms with Gasteiger partial charge in [0.05, 0.1) is 5.60 Å². The Morgan fingerprint density at radius 2 is 2.00 bits per heavy atom. The summed E-state index contributed by atoms with van der Waals surface area (Å²) in [5.74, 6) is 0.728. The van der Waals surface area contributed by atoms with E-state index in [2.05, 4.69) is 20.9 Å². The van der Waals surface area contributed by atoms with Crippen LogP contribution in [0.15, 0.2) is 4.99 Å². The van der Waals surface area contributed by atoms with E-state index in [-0.39, 0.29) is 17.6 Å². The minimum Gasteiger partial charge on any atom is -0.377 e. The molecule has 3 N–H and O–H groups in total. The van der Waals surface area contributed by atoms with E-state index in [4.69, 9.17) is 4.74 Å². The Balaban J connectivity index is 3.95. The smallest absolute Gasteiger partial charge is 0.221 e. The number of aliphatic imine (C=N–C) groups is 1. The molecule has 118 valence electrons. The van der Waals surface area contributed by atoms with Gasteiger partial charge in [-0.1, -0.05) is 6.92 Å². The van der Waals surface area contributed by atoms with Crippen LogP contribution in [-0.4, -0.2) is 50.8 Å². The molecule has 0 rings (SSSR count). The van der Waals surface area contributed by atoms with Gasteiger partial charge < -0.3 is 20.7 Å². The zero-order chi connectivity index (χ0) is 15.6. The Hall–Kier alpha value is -1.30. The van der Waals surface area contributed by atoms with E-state index in [1.165, 1.54) is 0 Å². The number of nitrogens with zero attached hydrogens (tertiary/aromatic N) is 1. The van der Waals surface area contributed by atoms with Crippen LogP contribution < -0.4 is 16.0 Å². The summed E-state index contributed by atoms with van der Waals surface area (Å²) in [6.45, 7) is 9.22. The highest BCUT2D eigenvalue weighted by Crippen LogP contribution is 2.04. The molecule has 0 aromatic rings. The van der Waals surface area contributed by atoms with Crippen LogP contribution in [0, 0.1) is 0 Å². The number of rotatable bonds is 8. The highest BCUT2D eigenvalue weighted by Gasteiger charge is 2.16. The summed E-state index contributed by atoms with van der Waals surface area (Å²) < 4.78 is 5.32. The van der Waals surface area contributed by atoms with Crippen molar-refractivity contribution in [2.75, 3.05) is 27.2 Å². The van der Waals surface area contributed by atoms with Gasteiger partial charge in [-0.25, -0.2) is 0 Å². The van der Waals surface area contributed by atoms with E-state index in [0.717, 1.165) is 6.42 Å². The van der Waals surface area contributed by atoms with Gasteiger partial charge in [-0.15, -0.1) is 0 Å². The highest BCUT2D eigenvalue weighted by molar-refractivity contribution is 5.81. The van der Waals surface area contributed by atoms with Crippen molar-refractivity contribution in [3.63, 3.8) is 0 Å². The lowest BCUT2D eigenvalue weighted by Crippen LogP contribution is -2.46. The van der Waals surface area contributed by atoms with Crippen LogP contribution >= 0.6 is 0 Å². The SMILES string of the molecule is CCC(C)NC(=O)CCNC(=NC)NCC(C)(C)OC. The van der Waals surface area contributed by atoms with Crippen LogP contribution in [0.1, 0.15) is 40.5 Å². The molecule has 0 aliphatic heterocycles. The quantitative estimate of drug-likeness (QED) is 0.457. The minimum atomic E-state index is -0.258. The van der Waals surface area contributed by atoms with E-state index < -0.39 is 0 Å². The van der Waals surface area contributed by atoms with E-state index >= 15 is 0 Å². The van der Waals surface area contributed by atoms with Crippen LogP contribution in [-0.2, 0) is 9.53 Å². The number of nitrogens with one attached hydrogen (secondary N) is 3. The molecule has 6 heteroatoms. The summed E-state index contributed by atoms with van der Waals surface area (Å²) in [5.41, 5.74) is -0.258. The van der Waals surface area contributed by atoms with Gasteiger partial charge >= 0.3 is 0 Å². The fourth-order valence-electron chi connectivity index (χ4n) is 1.33. The zero-order valence-corrected chi connectivity index (χ0v) is 13.7. The molecule has 1 unspecified atom stereocenters. The molecular formula is C14H30N4O2. The average Bonchev–Trinajstić information content (AvgIpc) is 2.42. The number of hydrogen-bond donors (Lipinski definition) is 3. The Morgan fingerprint density at radius 1 is 1.35 bits per heavy atom. The van der Waals surface area contributed by atoms with Crippen molar-refractivity contribution in [3.8, 4) is 0 Å². The molecule has 6 nitrogen and oxygen atoms in total. The molecule has 20 heavy (non-hydrogen) atoms. The molecule has 0 aromatic carbocycles. The van der Waals surface area contributed by atoms with Gasteiger partial charge in [0.25, 0.3) is 0 Å². The fraction of sp³-hybridized carbons (Fsp3) is 0.857. The Kier molecular flexibility index (Phi) is 8.96. The van der Waals surface area contributed by atoms with E-state index in [1.54, 1.807) is 14.2 Å². The maximum Gasteiger partial charge on any atom is 0.221 e. The van der Waals surface area contributed by atoms with Gasteiger partial charge in [-0.05, 0) is 27.2 Å². The molecule has 0 spiro atoms. The Labute approximate surface area is 122 Å². The van der Waals surface area contributed by atoms with Crippen molar-refractivity contribution in [2.24, 2.45) is 4.99 Å². The molecule has 1 amide bonds. The molecule has 1 atom stereocenters. The van der Waals surface area contributed by atoms with Crippen molar-refractivity contribution in [1.82, 2.24) is 16.0 Å². The molecule has 0 heterocycles. The van der Waals surface area contributed by atoms with Crippen molar-refractivity contribution in [3.05, 3.63) is 0 Å². The number of carbonyl (C=O) groups excluding carboxylic acids is 1. The first-order valence-corrected chi connectivity index (χ1v) is 7.13. The first-order chi connectivity index (χ1) is 9.34. The molecule has 0 aliphatic rings. The van der Waals surface area contributed by atoms with Crippen molar-refractivity contribution < 1.29 is 9.53 Å². The van der Waals surface area contributed by atoms with Gasteiger partial charge in [0, 0.05) is 39.7 Å². The predicted molar refractivity (Wildman–Crippen MR) is 83.0 cm³/mol. The van der Waals surface area contributed by atoms with E-state index in [1.807, 2.05) is 27.7 Å². The topological polar surface area (TPSA) is 74.8 Å². The third-order valence-corrected chi connectivity index (χ3v) is 3.12. The molecule has 0 aliphatic carbocycles. The molecule has 0 aromatic heterocycles. The van der Waals surface area contributed by atoms with E-state index in [0.29, 0.717) is 25.5 Å². The lowest BCUT2D eigenvalue weighted by Gasteiger charge is -2.24. The zero-order valence-electron chi connectivity index (χ0n) is 13.7. The van der Waals surface area contributed by atoms with E-state index in [9.17, 15) is 4.79 Å². The van der Waals surface area contributed by atoms with Crippen LogP contribution in [0.3, 0.4) is 0 Å². The van der Waals surface area contributed by atoms with Crippen molar-refractivity contribution >= 4 is 11.9 Å². The van der Waals surface area contributed by atoms with Crippen molar-refractivity contribution in [1.29, 1.82) is 0 Å². The monoisotopic (exact) mass is 286 g/mol. The number of amides is 1. The molecule has 0 saturated carbocycles. The molecule has 0 radical (unpaired) electrons. The Bertz CT molecular complexity index is 316. The van der Waals surface area contributed by atoms with Gasteiger partial charge in [-0.2, -0.15) is 0 Å². The minimum absolute atomic E-state index is 0.0551. The van der Waals surface area contributed by atoms with Crippen LogP contribution in [0.2, 0.25) is 0 Å². The lowest BCUT2D eigenvalue weighted by atomic mass is 10.1. The summed E-state index contributed by atoms with van der Waals surface area (Å²) >= 11 is 0. The largest absolute Gasteiger partial charge is 0.377 e. The summed E-state index contributed by atoms with van der Waals surface area (Å²) in [4.78, 5) is 15.7. The average molecular weight is 286 g/mol. The van der Waals surface area contributed by atoms with Crippen molar-refractivity contribution in [2.45, 2.75) is 52.2 Å². The number of hydrogen-bond acceptors (Lipinski definition) is 3. The lowest BCUT2D eigenvalue weighted by molar-refractivity contribution is -0.121. The second-order valence-electron chi connectivity index (χ2n) is 5.44. The third kappa shape index (κ3) is 8.74. The normalized spacial score (nSPS) is 13.8. The van der Waals surface area contributed by atoms with Crippen LogP contribution in [0.5, 0.6) is 0 Å². The number of guanidine groups is 1. The number of carbonyl (C=O) groups is 1. The molecule has 0 bridgehead atoms. The van der Waals surface area contributed by atoms with Gasteiger partial charge in [-0.3, -0.25) is 9.79 Å². The van der Waals surface area contributed by atoms with Gasteiger partial charge in [0.2, 0.25) is 5.91 Å². The molecular weight excluding hydrogens is 256 g/mol. The summed E-state index contributed by atoms with van der Waals surface area (Å²) in [6, 6.07) is 0.224. The summed E-state index contributed by atoms with van der Waals surface area (Å²) in [7, 11) is 3.38.